The highest BCUT2D eigenvalue weighted by molar-refractivity contribution is 9.11. The van der Waals surface area contributed by atoms with Crippen LogP contribution in [0.1, 0.15) is 0 Å². The fraction of sp³-hybridized carbons (Fsp3) is 0.286. The van der Waals surface area contributed by atoms with Crippen molar-refractivity contribution in [2.24, 2.45) is 0 Å². The van der Waals surface area contributed by atoms with Crippen molar-refractivity contribution in [1.29, 1.82) is 0 Å². The lowest BCUT2D eigenvalue weighted by Gasteiger charge is -2.31. The summed E-state index contributed by atoms with van der Waals surface area (Å²) in [5, 5.41) is 0.882. The first-order valence-corrected chi connectivity index (χ1v) is 9.16. The van der Waals surface area contributed by atoms with Crippen LogP contribution in [0, 0.1) is 0 Å². The van der Waals surface area contributed by atoms with Gasteiger partial charge in [0.2, 0.25) is 0 Å². The molecule has 0 bridgehead atoms. The van der Waals surface area contributed by atoms with Crippen molar-refractivity contribution in [3.63, 3.8) is 0 Å². The molecule has 0 saturated heterocycles. The predicted octanol–water partition coefficient (Wildman–Crippen LogP) is 6.55. The SMILES string of the molecule is C=CCOC1SC=C(C(F)(F)F)N1c1c(Br)cc(OC(F)(F)F)cc1Br. The van der Waals surface area contributed by atoms with E-state index in [9.17, 15) is 26.3 Å². The van der Waals surface area contributed by atoms with Crippen LogP contribution in [0.2, 0.25) is 0 Å². The molecule has 0 radical (unpaired) electrons. The van der Waals surface area contributed by atoms with Gasteiger partial charge >= 0.3 is 12.5 Å². The Morgan fingerprint density at radius 3 is 2.19 bits per heavy atom. The van der Waals surface area contributed by atoms with E-state index in [0.29, 0.717) is 0 Å². The van der Waals surface area contributed by atoms with Gasteiger partial charge in [-0.15, -0.1) is 19.8 Å². The second kappa shape index (κ2) is 8.03. The maximum Gasteiger partial charge on any atom is 0.573 e. The van der Waals surface area contributed by atoms with Crippen LogP contribution in [0.15, 0.2) is 44.8 Å². The number of nitrogens with zero attached hydrogens (tertiary/aromatic N) is 1. The first-order valence-electron chi connectivity index (χ1n) is 6.63. The molecule has 1 aromatic carbocycles. The molecular formula is C14H9Br2F6NO2S. The van der Waals surface area contributed by atoms with Gasteiger partial charge in [-0.2, -0.15) is 13.2 Å². The number of alkyl halides is 6. The van der Waals surface area contributed by atoms with Crippen LogP contribution < -0.4 is 9.64 Å². The Morgan fingerprint density at radius 2 is 1.73 bits per heavy atom. The van der Waals surface area contributed by atoms with Gasteiger partial charge in [-0.1, -0.05) is 17.8 Å². The maximum atomic E-state index is 13.4. The van der Waals surface area contributed by atoms with Gasteiger partial charge in [-0.25, -0.2) is 0 Å². The zero-order valence-corrected chi connectivity index (χ0v) is 16.5. The van der Waals surface area contributed by atoms with Crippen molar-refractivity contribution in [2.75, 3.05) is 11.5 Å². The van der Waals surface area contributed by atoms with Crippen molar-refractivity contribution >= 4 is 49.3 Å². The third-order valence-electron chi connectivity index (χ3n) is 2.88. The van der Waals surface area contributed by atoms with Gasteiger partial charge in [-0.3, -0.25) is 4.90 Å². The van der Waals surface area contributed by atoms with E-state index in [1.807, 2.05) is 0 Å². The van der Waals surface area contributed by atoms with Gasteiger partial charge in [0.05, 0.1) is 12.3 Å². The van der Waals surface area contributed by atoms with Gasteiger partial charge in [0, 0.05) is 14.4 Å². The normalized spacial score (nSPS) is 18.1. The van der Waals surface area contributed by atoms with Crippen LogP contribution in [0.4, 0.5) is 32.0 Å². The molecule has 0 N–H and O–H groups in total. The third kappa shape index (κ3) is 5.11. The lowest BCUT2D eigenvalue weighted by Crippen LogP contribution is -2.36. The molecule has 0 fully saturated rings. The topological polar surface area (TPSA) is 21.7 Å². The standard InChI is InChI=1S/C14H9Br2F6NO2S/c1-2-3-24-12-23(10(6-26-12)13(17,18)19)11-8(15)4-7(5-9(11)16)25-14(20,21)22/h2,4-6,12H,1,3H2. The summed E-state index contributed by atoms with van der Waals surface area (Å²) in [6, 6.07) is 1.85. The Balaban J connectivity index is 2.47. The average molecular weight is 529 g/mol. The molecular weight excluding hydrogens is 520 g/mol. The minimum atomic E-state index is -4.93. The van der Waals surface area contributed by atoms with Crippen molar-refractivity contribution < 1.29 is 35.8 Å². The van der Waals surface area contributed by atoms with E-state index in [0.717, 1.165) is 34.2 Å². The lowest BCUT2D eigenvalue weighted by molar-refractivity contribution is -0.274. The number of rotatable bonds is 5. The quantitative estimate of drug-likeness (QED) is 0.319. The fourth-order valence-corrected chi connectivity index (χ4v) is 4.53. The number of halogens is 8. The number of hydrogen-bond acceptors (Lipinski definition) is 4. The third-order valence-corrected chi connectivity index (χ3v) is 5.03. The molecule has 0 amide bonds. The first-order chi connectivity index (χ1) is 11.9. The highest BCUT2D eigenvalue weighted by atomic mass is 79.9. The molecule has 1 aliphatic rings. The summed E-state index contributed by atoms with van der Waals surface area (Å²) in [4.78, 5) is 0.833. The van der Waals surface area contributed by atoms with Gasteiger partial charge in [0.1, 0.15) is 11.4 Å². The van der Waals surface area contributed by atoms with E-state index in [-0.39, 0.29) is 21.2 Å². The van der Waals surface area contributed by atoms with Crippen LogP contribution in [-0.2, 0) is 4.74 Å². The van der Waals surface area contributed by atoms with Crippen molar-refractivity contribution in [3.8, 4) is 5.75 Å². The van der Waals surface area contributed by atoms with Crippen LogP contribution >= 0.6 is 43.6 Å². The smallest absolute Gasteiger partial charge is 0.406 e. The molecule has 1 heterocycles. The Labute approximate surface area is 165 Å². The first kappa shape index (κ1) is 21.5. The van der Waals surface area contributed by atoms with E-state index >= 15 is 0 Å². The second-order valence-electron chi connectivity index (χ2n) is 4.72. The summed E-state index contributed by atoms with van der Waals surface area (Å²) < 4.78 is 86.2. The van der Waals surface area contributed by atoms with Gasteiger partial charge in [0.15, 0.2) is 5.56 Å². The summed E-state index contributed by atoms with van der Waals surface area (Å²) >= 11 is 6.79. The Morgan fingerprint density at radius 1 is 1.15 bits per heavy atom. The molecule has 1 aliphatic heterocycles. The number of ether oxygens (including phenoxy) is 2. The molecule has 1 atom stereocenters. The molecule has 1 unspecified atom stereocenters. The summed E-state index contributed by atoms with van der Waals surface area (Å²) in [7, 11) is 0. The fourth-order valence-electron chi connectivity index (χ4n) is 2.01. The lowest BCUT2D eigenvalue weighted by atomic mass is 10.2. The highest BCUT2D eigenvalue weighted by Crippen LogP contribution is 2.49. The molecule has 0 spiro atoms. The number of allylic oxidation sites excluding steroid dienone is 1. The zero-order chi connectivity index (χ0) is 19.7. The molecule has 144 valence electrons. The molecule has 1 aromatic rings. The Hall–Kier alpha value is -0.850. The van der Waals surface area contributed by atoms with Crippen LogP contribution in [0.25, 0.3) is 0 Å². The molecule has 0 aromatic heterocycles. The zero-order valence-electron chi connectivity index (χ0n) is 12.5. The maximum absolute atomic E-state index is 13.4. The Bertz CT molecular complexity index is 699. The Kier molecular flexibility index (Phi) is 6.62. The number of anilines is 1. The summed E-state index contributed by atoms with van der Waals surface area (Å²) in [5.41, 5.74) is -2.14. The number of hydrogen-bond donors (Lipinski definition) is 0. The van der Waals surface area contributed by atoms with E-state index in [1.54, 1.807) is 0 Å². The molecule has 0 aliphatic carbocycles. The van der Waals surface area contributed by atoms with Gasteiger partial charge < -0.3 is 9.47 Å². The van der Waals surface area contributed by atoms with E-state index in [2.05, 4.69) is 43.2 Å². The average Bonchev–Trinajstić information content (AvgIpc) is 2.86. The molecule has 2 rings (SSSR count). The summed E-state index contributed by atoms with van der Waals surface area (Å²) in [6.07, 6.45) is -8.26. The molecule has 0 saturated carbocycles. The predicted molar refractivity (Wildman–Crippen MR) is 92.7 cm³/mol. The summed E-state index contributed by atoms with van der Waals surface area (Å²) in [5.74, 6) is -0.590. The monoisotopic (exact) mass is 527 g/mol. The highest BCUT2D eigenvalue weighted by Gasteiger charge is 2.46. The number of benzene rings is 1. The summed E-state index contributed by atoms with van der Waals surface area (Å²) in [6.45, 7) is 3.42. The van der Waals surface area contributed by atoms with Crippen LogP contribution in [0.5, 0.6) is 5.75 Å². The number of thioether (sulfide) groups is 1. The minimum absolute atomic E-state index is 0.0162. The van der Waals surface area contributed by atoms with E-state index in [4.69, 9.17) is 4.74 Å². The van der Waals surface area contributed by atoms with Crippen LogP contribution in [-0.4, -0.2) is 24.7 Å². The van der Waals surface area contributed by atoms with E-state index in [1.165, 1.54) is 6.08 Å². The second-order valence-corrected chi connectivity index (χ2v) is 7.34. The van der Waals surface area contributed by atoms with Crippen molar-refractivity contribution in [3.05, 3.63) is 44.8 Å². The van der Waals surface area contributed by atoms with Crippen molar-refractivity contribution in [1.82, 2.24) is 0 Å². The van der Waals surface area contributed by atoms with Gasteiger partial charge in [-0.05, 0) is 44.0 Å². The molecule has 26 heavy (non-hydrogen) atoms. The van der Waals surface area contributed by atoms with Gasteiger partial charge in [0.25, 0.3) is 0 Å². The molecule has 3 nitrogen and oxygen atoms in total. The van der Waals surface area contributed by atoms with Crippen LogP contribution in [0.3, 0.4) is 0 Å². The largest absolute Gasteiger partial charge is 0.573 e. The minimum Gasteiger partial charge on any atom is -0.406 e. The molecule has 12 heteroatoms. The van der Waals surface area contributed by atoms with E-state index < -0.39 is 29.5 Å². The van der Waals surface area contributed by atoms with Crippen molar-refractivity contribution in [2.45, 2.75) is 18.1 Å².